The fraction of sp³-hybridized carbons (Fsp3) is 0.231. The molecule has 1 N–H and O–H groups in total. The summed E-state index contributed by atoms with van der Waals surface area (Å²) in [6.45, 7) is 0. The van der Waals surface area contributed by atoms with Gasteiger partial charge in [-0.15, -0.1) is 10.2 Å². The number of methoxy groups -OCH3 is 2. The first-order chi connectivity index (χ1) is 8.74. The molecule has 5 nitrogen and oxygen atoms in total. The Labute approximate surface area is 105 Å². The monoisotopic (exact) mass is 246 g/mol. The highest BCUT2D eigenvalue weighted by molar-refractivity contribution is 5.33. The van der Waals surface area contributed by atoms with Crippen molar-refractivity contribution in [2.45, 2.75) is 6.10 Å². The van der Waals surface area contributed by atoms with Gasteiger partial charge in [-0.1, -0.05) is 12.1 Å². The average molecular weight is 246 g/mol. The summed E-state index contributed by atoms with van der Waals surface area (Å²) in [6.07, 6.45) is -0.835. The highest BCUT2D eigenvalue weighted by Gasteiger charge is 2.13. The van der Waals surface area contributed by atoms with Gasteiger partial charge in [-0.05, 0) is 23.8 Å². The first kappa shape index (κ1) is 12.3. The van der Waals surface area contributed by atoms with Gasteiger partial charge in [0.25, 0.3) is 0 Å². The summed E-state index contributed by atoms with van der Waals surface area (Å²) < 4.78 is 10.0. The quantitative estimate of drug-likeness (QED) is 0.887. The lowest BCUT2D eigenvalue weighted by molar-refractivity contribution is 0.213. The van der Waals surface area contributed by atoms with Crippen molar-refractivity contribution in [1.82, 2.24) is 10.2 Å². The summed E-state index contributed by atoms with van der Waals surface area (Å²) in [7, 11) is 3.10. The van der Waals surface area contributed by atoms with Gasteiger partial charge in [0, 0.05) is 6.07 Å². The maximum Gasteiger partial charge on any atom is 0.233 e. The van der Waals surface area contributed by atoms with E-state index in [0.29, 0.717) is 22.9 Å². The van der Waals surface area contributed by atoms with E-state index < -0.39 is 6.10 Å². The van der Waals surface area contributed by atoms with Gasteiger partial charge >= 0.3 is 0 Å². The number of ether oxygens (including phenoxy) is 2. The predicted molar refractivity (Wildman–Crippen MR) is 65.6 cm³/mol. The highest BCUT2D eigenvalue weighted by Crippen LogP contribution is 2.23. The van der Waals surface area contributed by atoms with Crippen LogP contribution in [0.3, 0.4) is 0 Å². The van der Waals surface area contributed by atoms with Crippen LogP contribution in [0.15, 0.2) is 36.4 Å². The number of nitrogens with zero attached hydrogens (tertiary/aromatic N) is 2. The Balaban J connectivity index is 2.25. The van der Waals surface area contributed by atoms with Crippen molar-refractivity contribution >= 4 is 0 Å². The molecule has 0 amide bonds. The molecular weight excluding hydrogens is 232 g/mol. The van der Waals surface area contributed by atoms with Crippen molar-refractivity contribution < 1.29 is 14.6 Å². The first-order valence-electron chi connectivity index (χ1n) is 5.44. The molecule has 5 heteroatoms. The van der Waals surface area contributed by atoms with E-state index >= 15 is 0 Å². The lowest BCUT2D eigenvalue weighted by Crippen LogP contribution is -2.04. The van der Waals surface area contributed by atoms with E-state index in [0.717, 1.165) is 0 Å². The summed E-state index contributed by atoms with van der Waals surface area (Å²) in [5.74, 6) is 1.10. The molecule has 1 unspecified atom stereocenters. The Morgan fingerprint density at radius 1 is 1.06 bits per heavy atom. The zero-order valence-electron chi connectivity index (χ0n) is 10.2. The van der Waals surface area contributed by atoms with Crippen LogP contribution in [-0.2, 0) is 0 Å². The van der Waals surface area contributed by atoms with Gasteiger partial charge in [0.15, 0.2) is 0 Å². The molecule has 94 valence electrons. The largest absolute Gasteiger partial charge is 0.497 e. The summed E-state index contributed by atoms with van der Waals surface area (Å²) in [5, 5.41) is 17.9. The SMILES string of the molecule is COc1cccc(C(O)c2ccc(OC)nn2)c1. The third-order valence-electron chi connectivity index (χ3n) is 2.56. The Morgan fingerprint density at radius 3 is 2.50 bits per heavy atom. The normalized spacial score (nSPS) is 11.9. The van der Waals surface area contributed by atoms with E-state index in [2.05, 4.69) is 10.2 Å². The molecule has 0 aliphatic heterocycles. The molecule has 1 aromatic carbocycles. The van der Waals surface area contributed by atoms with Gasteiger partial charge < -0.3 is 14.6 Å². The maximum atomic E-state index is 10.2. The smallest absolute Gasteiger partial charge is 0.233 e. The van der Waals surface area contributed by atoms with Crippen LogP contribution in [0.1, 0.15) is 17.4 Å². The van der Waals surface area contributed by atoms with Crippen molar-refractivity contribution in [3.8, 4) is 11.6 Å². The lowest BCUT2D eigenvalue weighted by Gasteiger charge is -2.11. The standard InChI is InChI=1S/C13H14N2O3/c1-17-10-5-3-4-9(8-10)13(16)11-6-7-12(18-2)15-14-11/h3-8,13,16H,1-2H3. The average Bonchev–Trinajstić information content (AvgIpc) is 2.46. The molecule has 0 spiro atoms. The minimum atomic E-state index is -0.835. The van der Waals surface area contributed by atoms with Crippen LogP contribution in [0.5, 0.6) is 11.6 Å². The van der Waals surface area contributed by atoms with Crippen LogP contribution in [0.4, 0.5) is 0 Å². The Hall–Kier alpha value is -2.14. The molecule has 0 saturated carbocycles. The molecule has 1 aromatic heterocycles. The number of aliphatic hydroxyl groups is 1. The van der Waals surface area contributed by atoms with Gasteiger partial charge in [0.1, 0.15) is 11.9 Å². The molecule has 1 atom stereocenters. The summed E-state index contributed by atoms with van der Waals surface area (Å²) in [6, 6.07) is 10.5. The Kier molecular flexibility index (Phi) is 3.74. The first-order valence-corrected chi connectivity index (χ1v) is 5.44. The Bertz CT molecular complexity index is 514. The van der Waals surface area contributed by atoms with Crippen LogP contribution in [0, 0.1) is 0 Å². The summed E-state index contributed by atoms with van der Waals surface area (Å²) in [4.78, 5) is 0. The second-order valence-corrected chi connectivity index (χ2v) is 3.68. The van der Waals surface area contributed by atoms with Gasteiger partial charge in [0.05, 0.1) is 19.9 Å². The van der Waals surface area contributed by atoms with E-state index in [-0.39, 0.29) is 0 Å². The van der Waals surface area contributed by atoms with Gasteiger partial charge in [0.2, 0.25) is 5.88 Å². The third kappa shape index (κ3) is 2.57. The number of benzene rings is 1. The number of rotatable bonds is 4. The van der Waals surface area contributed by atoms with Gasteiger partial charge in [-0.25, -0.2) is 0 Å². The van der Waals surface area contributed by atoms with Crippen LogP contribution >= 0.6 is 0 Å². The van der Waals surface area contributed by atoms with E-state index in [1.807, 2.05) is 12.1 Å². The van der Waals surface area contributed by atoms with Crippen molar-refractivity contribution in [2.24, 2.45) is 0 Å². The van der Waals surface area contributed by atoms with Crippen molar-refractivity contribution in [1.29, 1.82) is 0 Å². The molecule has 0 aliphatic carbocycles. The molecule has 0 radical (unpaired) electrons. The summed E-state index contributed by atoms with van der Waals surface area (Å²) in [5.41, 5.74) is 1.16. The Morgan fingerprint density at radius 2 is 1.89 bits per heavy atom. The minimum absolute atomic E-state index is 0.414. The molecule has 1 heterocycles. The van der Waals surface area contributed by atoms with Crippen LogP contribution in [0.2, 0.25) is 0 Å². The lowest BCUT2D eigenvalue weighted by atomic mass is 10.1. The predicted octanol–water partition coefficient (Wildman–Crippen LogP) is 1.58. The van der Waals surface area contributed by atoms with E-state index in [4.69, 9.17) is 9.47 Å². The molecule has 0 aliphatic rings. The third-order valence-corrected chi connectivity index (χ3v) is 2.56. The minimum Gasteiger partial charge on any atom is -0.497 e. The van der Waals surface area contributed by atoms with Crippen molar-refractivity contribution in [3.63, 3.8) is 0 Å². The molecule has 2 rings (SSSR count). The van der Waals surface area contributed by atoms with Crippen molar-refractivity contribution in [3.05, 3.63) is 47.7 Å². The number of aliphatic hydroxyl groups excluding tert-OH is 1. The molecule has 0 saturated heterocycles. The topological polar surface area (TPSA) is 64.5 Å². The molecule has 2 aromatic rings. The zero-order valence-corrected chi connectivity index (χ0v) is 10.2. The number of hydrogen-bond acceptors (Lipinski definition) is 5. The molecule has 0 fully saturated rings. The van der Waals surface area contributed by atoms with Crippen LogP contribution in [-0.4, -0.2) is 29.5 Å². The summed E-state index contributed by atoms with van der Waals surface area (Å²) >= 11 is 0. The molecule has 18 heavy (non-hydrogen) atoms. The van der Waals surface area contributed by atoms with E-state index in [1.165, 1.54) is 7.11 Å². The van der Waals surface area contributed by atoms with Gasteiger partial charge in [-0.2, -0.15) is 0 Å². The van der Waals surface area contributed by atoms with E-state index in [1.54, 1.807) is 31.4 Å². The van der Waals surface area contributed by atoms with Gasteiger partial charge in [-0.3, -0.25) is 0 Å². The second-order valence-electron chi connectivity index (χ2n) is 3.68. The second kappa shape index (κ2) is 5.46. The van der Waals surface area contributed by atoms with Crippen LogP contribution < -0.4 is 9.47 Å². The number of hydrogen-bond donors (Lipinski definition) is 1. The molecule has 0 bridgehead atoms. The maximum absolute atomic E-state index is 10.2. The number of aromatic nitrogens is 2. The zero-order chi connectivity index (χ0) is 13.0. The van der Waals surface area contributed by atoms with Crippen molar-refractivity contribution in [2.75, 3.05) is 14.2 Å². The highest BCUT2D eigenvalue weighted by atomic mass is 16.5. The van der Waals surface area contributed by atoms with E-state index in [9.17, 15) is 5.11 Å². The molecular formula is C13H14N2O3. The van der Waals surface area contributed by atoms with Crippen LogP contribution in [0.25, 0.3) is 0 Å². The fourth-order valence-corrected chi connectivity index (χ4v) is 1.57. The fourth-order valence-electron chi connectivity index (χ4n) is 1.57.